The van der Waals surface area contributed by atoms with E-state index in [0.29, 0.717) is 6.42 Å². The maximum Gasteiger partial charge on any atom is 0.142 e. The van der Waals surface area contributed by atoms with Crippen molar-refractivity contribution >= 4 is 27.5 Å². The molecule has 1 atom stereocenters. The first-order valence-corrected chi connectivity index (χ1v) is 7.67. The predicted molar refractivity (Wildman–Crippen MR) is 87.6 cm³/mol. The van der Waals surface area contributed by atoms with Gasteiger partial charge in [-0.25, -0.2) is 4.39 Å². The molecule has 0 bridgehead atoms. The van der Waals surface area contributed by atoms with Gasteiger partial charge in [-0.05, 0) is 58.7 Å². The van der Waals surface area contributed by atoms with Crippen molar-refractivity contribution < 1.29 is 9.13 Å². The smallest absolute Gasteiger partial charge is 0.142 e. The molecule has 1 N–H and O–H groups in total. The Balaban J connectivity index is 2.27. The molecule has 0 spiro atoms. The van der Waals surface area contributed by atoms with Gasteiger partial charge in [0, 0.05) is 6.04 Å². The zero-order valence-corrected chi connectivity index (χ0v) is 14.1. The maximum absolute atomic E-state index is 13.6. The van der Waals surface area contributed by atoms with Crippen LogP contribution in [0.5, 0.6) is 5.75 Å². The Labute approximate surface area is 137 Å². The third kappa shape index (κ3) is 3.76. The van der Waals surface area contributed by atoms with E-state index >= 15 is 0 Å². The highest BCUT2D eigenvalue weighted by atomic mass is 79.9. The van der Waals surface area contributed by atoms with E-state index < -0.39 is 5.82 Å². The Bertz CT molecular complexity index is 636. The number of ether oxygens (including phenoxy) is 1. The molecule has 2 rings (SSSR count). The van der Waals surface area contributed by atoms with Crippen LogP contribution in [0.3, 0.4) is 0 Å². The molecule has 1 unspecified atom stereocenters. The summed E-state index contributed by atoms with van der Waals surface area (Å²) in [6.45, 7) is 0. The molecule has 0 fully saturated rings. The molecule has 0 heterocycles. The number of hydrogen-bond acceptors (Lipinski definition) is 2. The standard InChI is InChI=1S/C16H16BrClFNO/c1-20-14(11-4-3-5-13(19)16(11)18)9-10-6-7-15(21-2)12(17)8-10/h3-8,14,20H,9H2,1-2H3. The minimum atomic E-state index is -0.398. The highest BCUT2D eigenvalue weighted by Gasteiger charge is 2.16. The molecule has 0 radical (unpaired) electrons. The van der Waals surface area contributed by atoms with Crippen LogP contribution in [-0.4, -0.2) is 14.2 Å². The second kappa shape index (κ2) is 7.25. The van der Waals surface area contributed by atoms with Gasteiger partial charge in [-0.15, -0.1) is 0 Å². The van der Waals surface area contributed by atoms with Gasteiger partial charge in [-0.2, -0.15) is 0 Å². The fourth-order valence-electron chi connectivity index (χ4n) is 2.23. The Morgan fingerprint density at radius 2 is 2.10 bits per heavy atom. The second-order valence-corrected chi connectivity index (χ2v) is 5.89. The fourth-order valence-corrected chi connectivity index (χ4v) is 3.08. The molecule has 5 heteroatoms. The van der Waals surface area contributed by atoms with Gasteiger partial charge in [0.2, 0.25) is 0 Å². The van der Waals surface area contributed by atoms with Crippen molar-refractivity contribution in [2.75, 3.05) is 14.2 Å². The van der Waals surface area contributed by atoms with Crippen LogP contribution in [0.1, 0.15) is 17.2 Å². The Morgan fingerprint density at radius 3 is 2.71 bits per heavy atom. The minimum absolute atomic E-state index is 0.0616. The van der Waals surface area contributed by atoms with E-state index in [1.54, 1.807) is 13.2 Å². The summed E-state index contributed by atoms with van der Waals surface area (Å²) in [6, 6.07) is 10.7. The van der Waals surface area contributed by atoms with Gasteiger partial charge < -0.3 is 10.1 Å². The number of hydrogen-bond donors (Lipinski definition) is 1. The number of rotatable bonds is 5. The van der Waals surface area contributed by atoms with Crippen LogP contribution in [0.4, 0.5) is 4.39 Å². The highest BCUT2D eigenvalue weighted by molar-refractivity contribution is 9.10. The van der Waals surface area contributed by atoms with Gasteiger partial charge >= 0.3 is 0 Å². The van der Waals surface area contributed by atoms with Crippen molar-refractivity contribution in [3.05, 3.63) is 62.8 Å². The third-order valence-electron chi connectivity index (χ3n) is 3.36. The molecule has 2 aromatic carbocycles. The normalized spacial score (nSPS) is 12.2. The molecule has 0 amide bonds. The van der Waals surface area contributed by atoms with Crippen LogP contribution in [0.15, 0.2) is 40.9 Å². The lowest BCUT2D eigenvalue weighted by Crippen LogP contribution is -2.19. The average molecular weight is 373 g/mol. The first kappa shape index (κ1) is 16.3. The summed E-state index contributed by atoms with van der Waals surface area (Å²) in [5.74, 6) is 0.383. The summed E-state index contributed by atoms with van der Waals surface area (Å²) >= 11 is 9.54. The number of methoxy groups -OCH3 is 1. The summed E-state index contributed by atoms with van der Waals surface area (Å²) in [7, 11) is 3.47. The summed E-state index contributed by atoms with van der Waals surface area (Å²) in [6.07, 6.45) is 0.697. The Hall–Kier alpha value is -1.10. The summed E-state index contributed by atoms with van der Waals surface area (Å²) < 4.78 is 19.7. The summed E-state index contributed by atoms with van der Waals surface area (Å²) in [5.41, 5.74) is 1.86. The summed E-state index contributed by atoms with van der Waals surface area (Å²) in [5, 5.41) is 3.36. The first-order valence-electron chi connectivity index (χ1n) is 6.50. The number of halogens is 3. The highest BCUT2D eigenvalue weighted by Crippen LogP contribution is 2.30. The number of benzene rings is 2. The average Bonchev–Trinajstić information content (AvgIpc) is 2.48. The molecule has 21 heavy (non-hydrogen) atoms. The molecule has 0 aliphatic heterocycles. The number of nitrogens with one attached hydrogen (secondary N) is 1. The van der Waals surface area contributed by atoms with E-state index in [4.69, 9.17) is 16.3 Å². The van der Waals surface area contributed by atoms with Crippen LogP contribution in [0.25, 0.3) is 0 Å². The van der Waals surface area contributed by atoms with Gasteiger partial charge in [0.25, 0.3) is 0 Å². The molecule has 2 nitrogen and oxygen atoms in total. The minimum Gasteiger partial charge on any atom is -0.496 e. The lowest BCUT2D eigenvalue weighted by Gasteiger charge is -2.19. The van der Waals surface area contributed by atoms with Crippen LogP contribution >= 0.6 is 27.5 Å². The van der Waals surface area contributed by atoms with E-state index in [0.717, 1.165) is 21.3 Å². The van der Waals surface area contributed by atoms with Gasteiger partial charge in [-0.3, -0.25) is 0 Å². The molecule has 112 valence electrons. The van der Waals surface area contributed by atoms with E-state index in [1.807, 2.05) is 31.3 Å². The van der Waals surface area contributed by atoms with E-state index in [1.165, 1.54) is 6.07 Å². The van der Waals surface area contributed by atoms with Crippen molar-refractivity contribution in [1.29, 1.82) is 0 Å². The van der Waals surface area contributed by atoms with E-state index in [9.17, 15) is 4.39 Å². The lowest BCUT2D eigenvalue weighted by molar-refractivity contribution is 0.412. The summed E-state index contributed by atoms with van der Waals surface area (Å²) in [4.78, 5) is 0. The Morgan fingerprint density at radius 1 is 1.33 bits per heavy atom. The zero-order valence-electron chi connectivity index (χ0n) is 11.8. The molecule has 0 aliphatic carbocycles. The topological polar surface area (TPSA) is 21.3 Å². The Kier molecular flexibility index (Phi) is 5.62. The van der Waals surface area contributed by atoms with Gasteiger partial charge in [0.05, 0.1) is 16.6 Å². The van der Waals surface area contributed by atoms with Crippen LogP contribution in [0.2, 0.25) is 5.02 Å². The van der Waals surface area contributed by atoms with Crippen molar-refractivity contribution in [2.24, 2.45) is 0 Å². The molecule has 0 saturated heterocycles. The van der Waals surface area contributed by atoms with Crippen LogP contribution < -0.4 is 10.1 Å². The second-order valence-electron chi connectivity index (χ2n) is 4.66. The van der Waals surface area contributed by atoms with Crippen molar-refractivity contribution in [1.82, 2.24) is 5.32 Å². The SMILES string of the molecule is CNC(Cc1ccc(OC)c(Br)c1)c1cccc(F)c1Cl. The monoisotopic (exact) mass is 371 g/mol. The fraction of sp³-hybridized carbons (Fsp3) is 0.250. The largest absolute Gasteiger partial charge is 0.496 e. The molecule has 0 aliphatic rings. The number of likely N-dealkylation sites (N-methyl/N-ethyl adjacent to an activating group) is 1. The van der Waals surface area contributed by atoms with E-state index in [-0.39, 0.29) is 11.1 Å². The zero-order chi connectivity index (χ0) is 15.4. The van der Waals surface area contributed by atoms with Crippen molar-refractivity contribution in [2.45, 2.75) is 12.5 Å². The van der Waals surface area contributed by atoms with Crippen molar-refractivity contribution in [3.8, 4) is 5.75 Å². The van der Waals surface area contributed by atoms with Gasteiger partial charge in [0.1, 0.15) is 11.6 Å². The molecule has 0 saturated carbocycles. The van der Waals surface area contributed by atoms with Crippen molar-refractivity contribution in [3.63, 3.8) is 0 Å². The maximum atomic E-state index is 13.6. The van der Waals surface area contributed by atoms with E-state index in [2.05, 4.69) is 21.2 Å². The molecule has 2 aromatic rings. The quantitative estimate of drug-likeness (QED) is 0.817. The molecular formula is C16H16BrClFNO. The van der Waals surface area contributed by atoms with Gasteiger partial charge in [0.15, 0.2) is 0 Å². The predicted octanol–water partition coefficient (Wildman–Crippen LogP) is 4.75. The molecular weight excluding hydrogens is 357 g/mol. The van der Waals surface area contributed by atoms with Crippen LogP contribution in [0, 0.1) is 5.82 Å². The molecule has 0 aromatic heterocycles. The third-order valence-corrected chi connectivity index (χ3v) is 4.38. The lowest BCUT2D eigenvalue weighted by atomic mass is 9.98. The van der Waals surface area contributed by atoms with Crippen LogP contribution in [-0.2, 0) is 6.42 Å². The first-order chi connectivity index (χ1) is 10.1. The van der Waals surface area contributed by atoms with Gasteiger partial charge in [-0.1, -0.05) is 29.8 Å².